The van der Waals surface area contributed by atoms with Gasteiger partial charge in [-0.1, -0.05) is 31.4 Å². The van der Waals surface area contributed by atoms with E-state index in [4.69, 9.17) is 10.5 Å². The highest BCUT2D eigenvalue weighted by molar-refractivity contribution is 7.89. The van der Waals surface area contributed by atoms with E-state index < -0.39 is 10.0 Å². The summed E-state index contributed by atoms with van der Waals surface area (Å²) in [5.74, 6) is 0.466. The van der Waals surface area contributed by atoms with E-state index in [1.54, 1.807) is 12.1 Å². The second-order valence-electron chi connectivity index (χ2n) is 5.93. The maximum absolute atomic E-state index is 12.2. The number of hydrogen-bond acceptors (Lipinski definition) is 4. The maximum Gasteiger partial charge on any atom is 0.215 e. The number of sulfonamides is 1. The SMILES string of the molecule is CC1(NS(=O)(=O)CCOc2ccccc2N)CCCCC1. The second-order valence-corrected chi connectivity index (χ2v) is 7.77. The Morgan fingerprint density at radius 2 is 1.90 bits per heavy atom. The minimum atomic E-state index is -3.34. The topological polar surface area (TPSA) is 81.4 Å². The van der Waals surface area contributed by atoms with Crippen LogP contribution < -0.4 is 15.2 Å². The first-order valence-corrected chi connectivity index (χ1v) is 9.04. The van der Waals surface area contributed by atoms with Crippen molar-refractivity contribution in [2.75, 3.05) is 18.1 Å². The highest BCUT2D eigenvalue weighted by Gasteiger charge is 2.31. The molecule has 1 saturated carbocycles. The Bertz CT molecular complexity index is 566. The standard InChI is InChI=1S/C15H24N2O3S/c1-15(9-5-2-6-10-15)17-21(18,19)12-11-20-14-8-4-3-7-13(14)16/h3-4,7-8,17H,2,5-6,9-12,16H2,1H3. The number of nitrogen functional groups attached to an aromatic ring is 1. The molecule has 1 aromatic rings. The molecule has 1 fully saturated rings. The Hall–Kier alpha value is -1.27. The largest absolute Gasteiger partial charge is 0.490 e. The lowest BCUT2D eigenvalue weighted by atomic mass is 9.84. The van der Waals surface area contributed by atoms with Crippen molar-refractivity contribution in [3.05, 3.63) is 24.3 Å². The van der Waals surface area contributed by atoms with Gasteiger partial charge in [-0.05, 0) is 31.9 Å². The third-order valence-electron chi connectivity index (χ3n) is 3.89. The molecule has 0 aromatic heterocycles. The first kappa shape index (κ1) is 16.1. The van der Waals surface area contributed by atoms with E-state index in [2.05, 4.69) is 4.72 Å². The number of rotatable bonds is 6. The number of anilines is 1. The number of ether oxygens (including phenoxy) is 1. The minimum Gasteiger partial charge on any atom is -0.490 e. The quantitative estimate of drug-likeness (QED) is 0.790. The van der Waals surface area contributed by atoms with Gasteiger partial charge in [-0.3, -0.25) is 0 Å². The normalized spacial score (nSPS) is 18.3. The average Bonchev–Trinajstić information content (AvgIpc) is 2.40. The summed E-state index contributed by atoms with van der Waals surface area (Å²) >= 11 is 0. The predicted molar refractivity (Wildman–Crippen MR) is 84.8 cm³/mol. The molecule has 2 rings (SSSR count). The Morgan fingerprint density at radius 1 is 1.24 bits per heavy atom. The van der Waals surface area contributed by atoms with Gasteiger partial charge in [0.15, 0.2) is 0 Å². The van der Waals surface area contributed by atoms with Crippen LogP contribution in [0.2, 0.25) is 0 Å². The number of benzene rings is 1. The van der Waals surface area contributed by atoms with Crippen molar-refractivity contribution < 1.29 is 13.2 Å². The van der Waals surface area contributed by atoms with Crippen LogP contribution in [-0.2, 0) is 10.0 Å². The van der Waals surface area contributed by atoms with Crippen LogP contribution in [0.4, 0.5) is 5.69 Å². The molecule has 0 radical (unpaired) electrons. The van der Waals surface area contributed by atoms with E-state index in [9.17, 15) is 8.42 Å². The third kappa shape index (κ3) is 4.89. The van der Waals surface area contributed by atoms with Crippen LogP contribution >= 0.6 is 0 Å². The molecule has 0 spiro atoms. The summed E-state index contributed by atoms with van der Waals surface area (Å²) in [6.07, 6.45) is 5.15. The van der Waals surface area contributed by atoms with Gasteiger partial charge in [-0.15, -0.1) is 0 Å². The fourth-order valence-corrected chi connectivity index (χ4v) is 4.09. The van der Waals surface area contributed by atoms with E-state index in [1.807, 2.05) is 19.1 Å². The first-order valence-electron chi connectivity index (χ1n) is 7.39. The molecule has 1 aliphatic carbocycles. The number of hydrogen-bond donors (Lipinski definition) is 2. The summed E-state index contributed by atoms with van der Waals surface area (Å²) in [6.45, 7) is 2.08. The van der Waals surface area contributed by atoms with E-state index in [0.717, 1.165) is 25.7 Å². The van der Waals surface area contributed by atoms with Crippen LogP contribution in [0.15, 0.2) is 24.3 Å². The third-order valence-corrected chi connectivity index (χ3v) is 5.40. The first-order chi connectivity index (χ1) is 9.90. The molecule has 1 aromatic carbocycles. The Kier molecular flexibility index (Phi) is 5.11. The van der Waals surface area contributed by atoms with Gasteiger partial charge < -0.3 is 10.5 Å². The van der Waals surface area contributed by atoms with Gasteiger partial charge in [-0.2, -0.15) is 0 Å². The van der Waals surface area contributed by atoms with Gasteiger partial charge in [-0.25, -0.2) is 13.1 Å². The fourth-order valence-electron chi connectivity index (χ4n) is 2.73. The zero-order valence-electron chi connectivity index (χ0n) is 12.5. The van der Waals surface area contributed by atoms with E-state index in [1.165, 1.54) is 6.42 Å². The zero-order chi connectivity index (χ0) is 15.3. The molecule has 21 heavy (non-hydrogen) atoms. The predicted octanol–water partition coefficient (Wildman–Crippen LogP) is 2.29. The molecule has 6 heteroatoms. The fraction of sp³-hybridized carbons (Fsp3) is 0.600. The number of nitrogens with two attached hydrogens (primary N) is 1. The molecule has 0 bridgehead atoms. The van der Waals surface area contributed by atoms with Gasteiger partial charge in [0.1, 0.15) is 12.4 Å². The molecule has 0 amide bonds. The van der Waals surface area contributed by atoms with Crippen molar-refractivity contribution in [1.29, 1.82) is 0 Å². The molecule has 118 valence electrons. The second kappa shape index (κ2) is 6.66. The van der Waals surface area contributed by atoms with Crippen molar-refractivity contribution in [1.82, 2.24) is 4.72 Å². The highest BCUT2D eigenvalue weighted by atomic mass is 32.2. The summed E-state index contributed by atoms with van der Waals surface area (Å²) in [5.41, 5.74) is 5.96. The van der Waals surface area contributed by atoms with Crippen LogP contribution in [0.1, 0.15) is 39.0 Å². The molecule has 0 atom stereocenters. The van der Waals surface area contributed by atoms with Gasteiger partial charge in [0, 0.05) is 5.54 Å². The molecular formula is C15H24N2O3S. The molecule has 1 aliphatic rings. The minimum absolute atomic E-state index is 0.0586. The van der Waals surface area contributed by atoms with Crippen molar-refractivity contribution in [3.63, 3.8) is 0 Å². The maximum atomic E-state index is 12.2. The van der Waals surface area contributed by atoms with Gasteiger partial charge >= 0.3 is 0 Å². The summed E-state index contributed by atoms with van der Waals surface area (Å²) in [6, 6.07) is 7.08. The van der Waals surface area contributed by atoms with Crippen LogP contribution in [0.25, 0.3) is 0 Å². The van der Waals surface area contributed by atoms with Crippen molar-refractivity contribution in [2.45, 2.75) is 44.6 Å². The highest BCUT2D eigenvalue weighted by Crippen LogP contribution is 2.28. The lowest BCUT2D eigenvalue weighted by Gasteiger charge is -2.34. The summed E-state index contributed by atoms with van der Waals surface area (Å²) in [5, 5.41) is 0. The van der Waals surface area contributed by atoms with E-state index >= 15 is 0 Å². The number of para-hydroxylation sites is 2. The molecule has 0 unspecified atom stereocenters. The molecule has 0 saturated heterocycles. The summed E-state index contributed by atoms with van der Waals surface area (Å²) in [4.78, 5) is 0. The van der Waals surface area contributed by atoms with E-state index in [-0.39, 0.29) is 17.9 Å². The lowest BCUT2D eigenvalue weighted by molar-refractivity contribution is 0.291. The average molecular weight is 312 g/mol. The Morgan fingerprint density at radius 3 is 2.57 bits per heavy atom. The summed E-state index contributed by atoms with van der Waals surface area (Å²) in [7, 11) is -3.34. The van der Waals surface area contributed by atoms with Crippen LogP contribution in [-0.4, -0.2) is 26.3 Å². The van der Waals surface area contributed by atoms with Crippen LogP contribution in [0.5, 0.6) is 5.75 Å². The van der Waals surface area contributed by atoms with Crippen molar-refractivity contribution >= 4 is 15.7 Å². The lowest BCUT2D eigenvalue weighted by Crippen LogP contribution is -2.48. The molecule has 0 heterocycles. The number of nitrogens with one attached hydrogen (secondary N) is 1. The van der Waals surface area contributed by atoms with Crippen LogP contribution in [0.3, 0.4) is 0 Å². The molecular weight excluding hydrogens is 288 g/mol. The summed E-state index contributed by atoms with van der Waals surface area (Å²) < 4.78 is 32.6. The zero-order valence-corrected chi connectivity index (χ0v) is 13.3. The smallest absolute Gasteiger partial charge is 0.215 e. The molecule has 0 aliphatic heterocycles. The molecule has 5 nitrogen and oxygen atoms in total. The van der Waals surface area contributed by atoms with Crippen LogP contribution in [0, 0.1) is 0 Å². The Balaban J connectivity index is 1.85. The van der Waals surface area contributed by atoms with E-state index in [0.29, 0.717) is 11.4 Å². The van der Waals surface area contributed by atoms with Crippen molar-refractivity contribution in [2.24, 2.45) is 0 Å². The Labute approximate surface area is 126 Å². The van der Waals surface area contributed by atoms with Gasteiger partial charge in [0.2, 0.25) is 10.0 Å². The molecule has 3 N–H and O–H groups in total. The van der Waals surface area contributed by atoms with Gasteiger partial charge in [0.25, 0.3) is 0 Å². The van der Waals surface area contributed by atoms with Crippen molar-refractivity contribution in [3.8, 4) is 5.75 Å². The monoisotopic (exact) mass is 312 g/mol. The van der Waals surface area contributed by atoms with Gasteiger partial charge in [0.05, 0.1) is 11.4 Å².